The van der Waals surface area contributed by atoms with Crippen molar-refractivity contribution < 1.29 is 28.3 Å². The quantitative estimate of drug-likeness (QED) is 0.336. The van der Waals surface area contributed by atoms with Crippen LogP contribution in [0.25, 0.3) is 11.0 Å². The number of Topliss-reactive ketones (excluding diaryl/α,β-unsaturated/α-hetero) is 1. The second kappa shape index (κ2) is 8.90. The third kappa shape index (κ3) is 4.37. The van der Waals surface area contributed by atoms with Gasteiger partial charge in [0.15, 0.2) is 11.4 Å². The number of nitrogens with one attached hydrogen (secondary N) is 1. The van der Waals surface area contributed by atoms with E-state index in [1.807, 2.05) is 0 Å². The molecule has 1 atom stereocenters. The van der Waals surface area contributed by atoms with Crippen LogP contribution in [0.1, 0.15) is 29.3 Å². The first kappa shape index (κ1) is 21.9. The molecule has 2 aromatic heterocycles. The zero-order valence-electron chi connectivity index (χ0n) is 16.7. The van der Waals surface area contributed by atoms with E-state index in [2.05, 4.69) is 15.0 Å². The highest BCUT2D eigenvalue weighted by atomic mass is 19.1. The molecule has 0 spiro atoms. The molecule has 1 aromatic carbocycles. The Bertz CT molecular complexity index is 1230. The minimum Gasteiger partial charge on any atom is -0.467 e. The Kier molecular flexibility index (Phi) is 6.28. The van der Waals surface area contributed by atoms with Gasteiger partial charge >= 0.3 is 5.97 Å². The number of anilines is 1. The minimum absolute atomic E-state index is 0.000813. The van der Waals surface area contributed by atoms with Crippen LogP contribution in [-0.2, 0) is 16.0 Å². The molecule has 0 amide bonds. The molecule has 0 aliphatic heterocycles. The van der Waals surface area contributed by atoms with Crippen molar-refractivity contribution in [1.82, 2.24) is 9.71 Å². The third-order valence-corrected chi connectivity index (χ3v) is 4.74. The van der Waals surface area contributed by atoms with Crippen molar-refractivity contribution in [3.8, 4) is 0 Å². The Morgan fingerprint density at radius 1 is 1.29 bits per heavy atom. The molecular formula is C21H19F2N3O5. The van der Waals surface area contributed by atoms with Gasteiger partial charge in [0.25, 0.3) is 5.56 Å². The molecule has 0 radical (unpaired) electrons. The van der Waals surface area contributed by atoms with Crippen molar-refractivity contribution >= 4 is 28.5 Å². The summed E-state index contributed by atoms with van der Waals surface area (Å²) in [7, 11) is 1.19. The van der Waals surface area contributed by atoms with E-state index in [9.17, 15) is 28.4 Å². The van der Waals surface area contributed by atoms with E-state index >= 15 is 0 Å². The van der Waals surface area contributed by atoms with Gasteiger partial charge in [-0.2, -0.15) is 0 Å². The predicted octanol–water partition coefficient (Wildman–Crippen LogP) is 2.70. The normalized spacial score (nSPS) is 11.9. The lowest BCUT2D eigenvalue weighted by atomic mass is 10.00. The fourth-order valence-corrected chi connectivity index (χ4v) is 3.16. The number of pyridine rings is 2. The number of fused-ring (bicyclic) bond motifs is 1. The Hall–Kier alpha value is -3.82. The van der Waals surface area contributed by atoms with E-state index in [0.717, 1.165) is 6.07 Å². The van der Waals surface area contributed by atoms with Crippen molar-refractivity contribution in [2.75, 3.05) is 12.4 Å². The number of nitrogens with zero attached hydrogens (tertiary/aromatic N) is 2. The number of halogens is 2. The maximum atomic E-state index is 13.9. The lowest BCUT2D eigenvalue weighted by Gasteiger charge is -2.18. The van der Waals surface area contributed by atoms with Crippen molar-refractivity contribution in [2.45, 2.75) is 25.8 Å². The Balaban J connectivity index is 2.06. The molecule has 0 fully saturated rings. The van der Waals surface area contributed by atoms with Crippen LogP contribution in [-0.4, -0.2) is 39.8 Å². The van der Waals surface area contributed by atoms with Gasteiger partial charge in [-0.05, 0) is 37.1 Å². The molecule has 0 bridgehead atoms. The molecule has 10 heteroatoms. The zero-order valence-corrected chi connectivity index (χ0v) is 16.7. The molecular weight excluding hydrogens is 412 g/mol. The van der Waals surface area contributed by atoms with Gasteiger partial charge in [-0.15, -0.1) is 4.73 Å². The van der Waals surface area contributed by atoms with E-state index in [0.29, 0.717) is 6.07 Å². The maximum absolute atomic E-state index is 13.9. The number of ketones is 1. The van der Waals surface area contributed by atoms with Crippen LogP contribution in [0.2, 0.25) is 0 Å². The molecule has 0 unspecified atom stereocenters. The van der Waals surface area contributed by atoms with Crippen LogP contribution < -0.4 is 10.9 Å². The molecule has 3 rings (SSSR count). The highest BCUT2D eigenvalue weighted by Crippen LogP contribution is 2.26. The van der Waals surface area contributed by atoms with E-state index in [-0.39, 0.29) is 39.9 Å². The van der Waals surface area contributed by atoms with Crippen molar-refractivity contribution in [3.63, 3.8) is 0 Å². The van der Waals surface area contributed by atoms with E-state index < -0.39 is 40.6 Å². The molecule has 162 valence electrons. The average Bonchev–Trinajstić information content (AvgIpc) is 2.76. The van der Waals surface area contributed by atoms with Crippen LogP contribution >= 0.6 is 0 Å². The minimum atomic E-state index is -1.05. The predicted molar refractivity (Wildman–Crippen MR) is 107 cm³/mol. The molecule has 8 nitrogen and oxygen atoms in total. The molecule has 0 saturated heterocycles. The highest BCUT2D eigenvalue weighted by molar-refractivity contribution is 6.08. The average molecular weight is 431 g/mol. The molecule has 2 heterocycles. The number of ether oxygens (including phenoxy) is 1. The number of hydrogen-bond acceptors (Lipinski definition) is 7. The Labute approximate surface area is 175 Å². The van der Waals surface area contributed by atoms with Gasteiger partial charge < -0.3 is 15.3 Å². The van der Waals surface area contributed by atoms with E-state index in [4.69, 9.17) is 0 Å². The summed E-state index contributed by atoms with van der Waals surface area (Å²) >= 11 is 0. The topological polar surface area (TPSA) is 111 Å². The Morgan fingerprint density at radius 3 is 2.71 bits per heavy atom. The molecule has 2 N–H and O–H groups in total. The number of hydrogen-bond donors (Lipinski definition) is 2. The van der Waals surface area contributed by atoms with Gasteiger partial charge in [0.2, 0.25) is 0 Å². The summed E-state index contributed by atoms with van der Waals surface area (Å²) in [5.74, 6) is -2.91. The number of carbonyl (C=O) groups is 2. The number of aryl methyl sites for hydroxylation is 1. The summed E-state index contributed by atoms with van der Waals surface area (Å²) in [5, 5.41) is 13.2. The SMILES string of the molecule is COC(=O)[C@H](C)Nc1c(C(=O)CCc2ccc(F)cc2F)c(=O)n(O)c2ncccc12. The summed E-state index contributed by atoms with van der Waals surface area (Å²) < 4.78 is 31.9. The zero-order chi connectivity index (χ0) is 22.7. The summed E-state index contributed by atoms with van der Waals surface area (Å²) in [6.45, 7) is 1.47. The maximum Gasteiger partial charge on any atom is 0.327 e. The van der Waals surface area contributed by atoms with Gasteiger partial charge in [0.05, 0.1) is 12.8 Å². The number of aromatic nitrogens is 2. The van der Waals surface area contributed by atoms with Crippen LogP contribution in [0.15, 0.2) is 41.3 Å². The first-order valence-electron chi connectivity index (χ1n) is 9.29. The second-order valence-electron chi connectivity index (χ2n) is 6.79. The molecule has 0 aliphatic rings. The van der Waals surface area contributed by atoms with Crippen LogP contribution in [0.3, 0.4) is 0 Å². The number of methoxy groups -OCH3 is 1. The largest absolute Gasteiger partial charge is 0.467 e. The Morgan fingerprint density at radius 2 is 2.03 bits per heavy atom. The summed E-state index contributed by atoms with van der Waals surface area (Å²) in [4.78, 5) is 41.5. The molecule has 0 aliphatic carbocycles. The van der Waals surface area contributed by atoms with Gasteiger partial charge in [0.1, 0.15) is 23.2 Å². The summed E-state index contributed by atoms with van der Waals surface area (Å²) in [6, 6.07) is 5.10. The highest BCUT2D eigenvalue weighted by Gasteiger charge is 2.25. The molecule has 31 heavy (non-hydrogen) atoms. The fourth-order valence-electron chi connectivity index (χ4n) is 3.16. The third-order valence-electron chi connectivity index (χ3n) is 4.74. The smallest absolute Gasteiger partial charge is 0.327 e. The van der Waals surface area contributed by atoms with Gasteiger partial charge in [0, 0.05) is 24.1 Å². The van der Waals surface area contributed by atoms with Gasteiger partial charge in [-0.25, -0.2) is 18.6 Å². The fraction of sp³-hybridized carbons (Fsp3) is 0.238. The van der Waals surface area contributed by atoms with Gasteiger partial charge in [-0.3, -0.25) is 9.59 Å². The number of esters is 1. The van der Waals surface area contributed by atoms with Crippen molar-refractivity contribution in [1.29, 1.82) is 0 Å². The lowest BCUT2D eigenvalue weighted by molar-refractivity contribution is -0.141. The summed E-state index contributed by atoms with van der Waals surface area (Å²) in [5.41, 5.74) is -1.48. The first-order chi connectivity index (χ1) is 14.7. The van der Waals surface area contributed by atoms with Crippen LogP contribution in [0.4, 0.5) is 14.5 Å². The lowest BCUT2D eigenvalue weighted by Crippen LogP contribution is -2.33. The number of carbonyl (C=O) groups excluding carboxylic acids is 2. The van der Waals surface area contributed by atoms with Crippen LogP contribution in [0, 0.1) is 11.6 Å². The van der Waals surface area contributed by atoms with Gasteiger partial charge in [-0.1, -0.05) is 6.07 Å². The van der Waals surface area contributed by atoms with E-state index in [1.54, 1.807) is 0 Å². The van der Waals surface area contributed by atoms with Crippen molar-refractivity contribution in [3.05, 3.63) is 69.6 Å². The monoisotopic (exact) mass is 431 g/mol. The van der Waals surface area contributed by atoms with E-state index in [1.165, 1.54) is 38.4 Å². The summed E-state index contributed by atoms with van der Waals surface area (Å²) in [6.07, 6.45) is 0.943. The standard InChI is InChI=1S/C21H19F2N3O5/c1-11(21(29)31-2)25-18-14-4-3-9-24-19(14)26(30)20(28)17(18)16(27)8-6-12-5-7-13(22)10-15(12)23/h3-5,7,9-11,25,30H,6,8H2,1-2H3/t11-/m0/s1. The van der Waals surface area contributed by atoms with Crippen molar-refractivity contribution in [2.24, 2.45) is 0 Å². The second-order valence-corrected chi connectivity index (χ2v) is 6.79. The van der Waals surface area contributed by atoms with Crippen LogP contribution in [0.5, 0.6) is 0 Å². The number of benzene rings is 1. The molecule has 3 aromatic rings. The first-order valence-corrected chi connectivity index (χ1v) is 9.29. The molecule has 0 saturated carbocycles. The number of rotatable bonds is 7.